The molecule has 2 fully saturated rings. The van der Waals surface area contributed by atoms with Crippen molar-refractivity contribution in [2.45, 2.75) is 51.2 Å². The molecule has 0 saturated heterocycles. The number of carbonyl (C=O) groups excluding carboxylic acids is 1. The third-order valence-corrected chi connectivity index (χ3v) is 7.80. The fourth-order valence-electron chi connectivity index (χ4n) is 5.33. The number of nitro groups is 1. The molecule has 2 heterocycles. The first-order chi connectivity index (χ1) is 18.9. The lowest BCUT2D eigenvalue weighted by atomic mass is 9.92. The number of hydrogen-bond acceptors (Lipinski definition) is 6. The first-order valence-electron chi connectivity index (χ1n) is 13.2. The largest absolute Gasteiger partial charge is 0.446 e. The molecule has 1 atom stereocenters. The lowest BCUT2D eigenvalue weighted by molar-refractivity contribution is -0.384. The van der Waals surface area contributed by atoms with E-state index in [-0.39, 0.29) is 17.8 Å². The van der Waals surface area contributed by atoms with Gasteiger partial charge in [-0.1, -0.05) is 24.3 Å². The van der Waals surface area contributed by atoms with Crippen LogP contribution in [0, 0.1) is 27.4 Å². The van der Waals surface area contributed by atoms with Gasteiger partial charge in [-0.05, 0) is 74.8 Å². The van der Waals surface area contributed by atoms with Crippen LogP contribution in [0.25, 0.3) is 33.4 Å². The van der Waals surface area contributed by atoms with Crippen molar-refractivity contribution in [2.24, 2.45) is 5.92 Å². The normalized spacial score (nSPS) is 15.8. The Bertz CT molecular complexity index is 1630. The average Bonchev–Trinajstić information content (AvgIpc) is 3.71. The fourth-order valence-corrected chi connectivity index (χ4v) is 5.33. The predicted octanol–water partition coefficient (Wildman–Crippen LogP) is 7.22. The van der Waals surface area contributed by atoms with Gasteiger partial charge in [0.25, 0.3) is 5.69 Å². The molecule has 196 valence electrons. The maximum atomic E-state index is 12.3. The molecular formula is C30H27N5O4. The van der Waals surface area contributed by atoms with Crippen molar-refractivity contribution < 1.29 is 14.5 Å². The summed E-state index contributed by atoms with van der Waals surface area (Å²) in [6.07, 6.45) is 6.24. The fraction of sp³-hybridized carbons (Fsp3) is 0.300. The van der Waals surface area contributed by atoms with Crippen LogP contribution < -0.4 is 5.32 Å². The number of amides is 1. The van der Waals surface area contributed by atoms with E-state index in [1.807, 2.05) is 43.3 Å². The molecule has 0 radical (unpaired) electrons. The van der Waals surface area contributed by atoms with E-state index in [2.05, 4.69) is 20.9 Å². The summed E-state index contributed by atoms with van der Waals surface area (Å²) in [5.74, 6) is 0.459. The van der Waals surface area contributed by atoms with Crippen molar-refractivity contribution >= 4 is 28.4 Å². The third-order valence-electron chi connectivity index (χ3n) is 7.80. The Kier molecular flexibility index (Phi) is 6.23. The summed E-state index contributed by atoms with van der Waals surface area (Å²) in [7, 11) is 0. The number of anilines is 1. The number of nitrogens with one attached hydrogen (secondary N) is 1. The van der Waals surface area contributed by atoms with Crippen LogP contribution in [0.3, 0.4) is 0 Å². The molecule has 2 saturated carbocycles. The Morgan fingerprint density at radius 3 is 2.54 bits per heavy atom. The van der Waals surface area contributed by atoms with E-state index < -0.39 is 11.0 Å². The molecule has 1 amide bonds. The average molecular weight is 522 g/mol. The van der Waals surface area contributed by atoms with Gasteiger partial charge in [0.2, 0.25) is 0 Å². The zero-order valence-corrected chi connectivity index (χ0v) is 21.5. The van der Waals surface area contributed by atoms with Crippen LogP contribution in [0.5, 0.6) is 0 Å². The summed E-state index contributed by atoms with van der Waals surface area (Å²) in [5.41, 5.74) is 4.54. The molecule has 0 aliphatic heterocycles. The zero-order chi connectivity index (χ0) is 27.1. The quantitative estimate of drug-likeness (QED) is 0.202. The Morgan fingerprint density at radius 2 is 1.90 bits per heavy atom. The number of nitrogens with zero attached hydrogens (tertiary/aromatic N) is 4. The molecular weight excluding hydrogens is 494 g/mol. The number of carbonyl (C=O) groups is 1. The van der Waals surface area contributed by atoms with Crippen molar-refractivity contribution in [3.05, 3.63) is 76.5 Å². The molecule has 2 aliphatic carbocycles. The lowest BCUT2D eigenvalue weighted by Crippen LogP contribution is -2.21. The summed E-state index contributed by atoms with van der Waals surface area (Å²) in [4.78, 5) is 27.8. The minimum atomic E-state index is -0.473. The van der Waals surface area contributed by atoms with Crippen LogP contribution >= 0.6 is 0 Å². The molecule has 9 nitrogen and oxygen atoms in total. The van der Waals surface area contributed by atoms with Gasteiger partial charge in [0.05, 0.1) is 21.7 Å². The van der Waals surface area contributed by atoms with Crippen molar-refractivity contribution in [2.75, 3.05) is 5.32 Å². The van der Waals surface area contributed by atoms with Gasteiger partial charge in [-0.25, -0.2) is 9.78 Å². The van der Waals surface area contributed by atoms with Crippen LogP contribution in [-0.4, -0.2) is 26.7 Å². The van der Waals surface area contributed by atoms with Crippen LogP contribution in [0.1, 0.15) is 50.6 Å². The van der Waals surface area contributed by atoms with E-state index in [1.165, 1.54) is 6.07 Å². The highest BCUT2D eigenvalue weighted by Gasteiger charge is 2.31. The van der Waals surface area contributed by atoms with Crippen molar-refractivity contribution in [1.29, 1.82) is 5.26 Å². The minimum Gasteiger partial charge on any atom is -0.446 e. The van der Waals surface area contributed by atoms with Gasteiger partial charge in [0, 0.05) is 34.9 Å². The van der Waals surface area contributed by atoms with Gasteiger partial charge >= 0.3 is 6.09 Å². The minimum absolute atomic E-state index is 0.0625. The number of benzene rings is 2. The van der Waals surface area contributed by atoms with E-state index in [0.29, 0.717) is 28.4 Å². The number of fused-ring (bicyclic) bond motifs is 1. The predicted molar refractivity (Wildman–Crippen MR) is 147 cm³/mol. The van der Waals surface area contributed by atoms with E-state index in [0.717, 1.165) is 54.3 Å². The molecule has 4 aromatic rings. The van der Waals surface area contributed by atoms with E-state index >= 15 is 0 Å². The molecule has 2 aromatic carbocycles. The van der Waals surface area contributed by atoms with Gasteiger partial charge < -0.3 is 9.30 Å². The van der Waals surface area contributed by atoms with Gasteiger partial charge in [0.15, 0.2) is 0 Å². The van der Waals surface area contributed by atoms with E-state index in [9.17, 15) is 20.2 Å². The number of nitriles is 1. The Hall–Kier alpha value is -4.71. The Labute approximate surface area is 225 Å². The third kappa shape index (κ3) is 4.59. The summed E-state index contributed by atoms with van der Waals surface area (Å²) in [5, 5.41) is 25.5. The SMILES string of the molecule is C[C@@H](OC(=O)Nc1ccc(-c2c(C#N)c3ccc(-c4ncccc4[N+](=O)[O-])cc3n2C2CCC2)cc1)C1CC1. The first-order valence-corrected chi connectivity index (χ1v) is 13.2. The molecule has 9 heteroatoms. The number of hydrogen-bond donors (Lipinski definition) is 1. The van der Waals surface area contributed by atoms with Crippen LogP contribution in [-0.2, 0) is 4.74 Å². The van der Waals surface area contributed by atoms with Crippen molar-refractivity contribution in [3.63, 3.8) is 0 Å². The molecule has 39 heavy (non-hydrogen) atoms. The molecule has 0 unspecified atom stereocenters. The number of aromatic nitrogens is 2. The van der Waals surface area contributed by atoms with Crippen molar-refractivity contribution in [3.8, 4) is 28.6 Å². The van der Waals surface area contributed by atoms with E-state index in [1.54, 1.807) is 18.3 Å². The topological polar surface area (TPSA) is 123 Å². The second-order valence-electron chi connectivity index (χ2n) is 10.3. The second kappa shape index (κ2) is 9.87. The number of ether oxygens (including phenoxy) is 1. The molecule has 2 aliphatic rings. The summed E-state index contributed by atoms with van der Waals surface area (Å²) < 4.78 is 7.67. The summed E-state index contributed by atoms with van der Waals surface area (Å²) in [6.45, 7) is 1.92. The first kappa shape index (κ1) is 24.6. The van der Waals surface area contributed by atoms with Gasteiger partial charge in [-0.3, -0.25) is 15.4 Å². The second-order valence-corrected chi connectivity index (χ2v) is 10.3. The molecule has 0 spiro atoms. The highest BCUT2D eigenvalue weighted by molar-refractivity contribution is 5.97. The standard InChI is InChI=1S/C30H27N5O4/c1-18(19-7-8-19)39-30(36)33-22-12-9-20(10-13-22)29-25(17-31)24-14-11-21(16-27(24)34(29)23-4-2-5-23)28-26(35(37)38)6-3-15-32-28/h3,6,9-16,18-19,23H,2,4-5,7-8H2,1H3,(H,33,36)/t18-/m1/s1. The monoisotopic (exact) mass is 521 g/mol. The van der Waals surface area contributed by atoms with Crippen LogP contribution in [0.4, 0.5) is 16.2 Å². The summed E-state index contributed by atoms with van der Waals surface area (Å²) >= 11 is 0. The molecule has 0 bridgehead atoms. The number of pyridine rings is 1. The number of rotatable bonds is 7. The van der Waals surface area contributed by atoms with Gasteiger partial charge in [-0.2, -0.15) is 5.26 Å². The lowest BCUT2D eigenvalue weighted by Gasteiger charge is -2.30. The maximum absolute atomic E-state index is 12.3. The Balaban J connectivity index is 1.40. The van der Waals surface area contributed by atoms with Crippen molar-refractivity contribution in [1.82, 2.24) is 9.55 Å². The zero-order valence-electron chi connectivity index (χ0n) is 21.5. The van der Waals surface area contributed by atoms with Crippen LogP contribution in [0.15, 0.2) is 60.8 Å². The Morgan fingerprint density at radius 1 is 1.15 bits per heavy atom. The highest BCUT2D eigenvalue weighted by atomic mass is 16.6. The molecule has 1 N–H and O–H groups in total. The maximum Gasteiger partial charge on any atom is 0.411 e. The van der Waals surface area contributed by atoms with Gasteiger partial charge in [0.1, 0.15) is 17.9 Å². The highest BCUT2D eigenvalue weighted by Crippen LogP contribution is 2.44. The van der Waals surface area contributed by atoms with Gasteiger partial charge in [-0.15, -0.1) is 0 Å². The smallest absolute Gasteiger partial charge is 0.411 e. The molecule has 2 aromatic heterocycles. The molecule has 6 rings (SSSR count). The summed E-state index contributed by atoms with van der Waals surface area (Å²) in [6, 6.07) is 18.6. The van der Waals surface area contributed by atoms with Crippen LogP contribution in [0.2, 0.25) is 0 Å². The van der Waals surface area contributed by atoms with E-state index in [4.69, 9.17) is 4.74 Å².